The lowest BCUT2D eigenvalue weighted by Gasteiger charge is -2.15. The number of hydrogen-bond acceptors (Lipinski definition) is 5. The summed E-state index contributed by atoms with van der Waals surface area (Å²) < 4.78 is 12.6. The molecule has 2 heterocycles. The third kappa shape index (κ3) is 3.43. The molecule has 1 amide bonds. The van der Waals surface area contributed by atoms with Gasteiger partial charge in [0.1, 0.15) is 0 Å². The van der Waals surface area contributed by atoms with Gasteiger partial charge in [-0.15, -0.1) is 10.2 Å². The predicted molar refractivity (Wildman–Crippen MR) is 98.0 cm³/mol. The molecule has 1 unspecified atom stereocenters. The van der Waals surface area contributed by atoms with E-state index in [0.29, 0.717) is 34.5 Å². The summed E-state index contributed by atoms with van der Waals surface area (Å²) in [6.07, 6.45) is 1.85. The van der Waals surface area contributed by atoms with Gasteiger partial charge < -0.3 is 14.8 Å². The fraction of sp³-hybridized carbons (Fsp3) is 0.278. The van der Waals surface area contributed by atoms with Gasteiger partial charge in [-0.2, -0.15) is 0 Å². The number of rotatable bonds is 6. The molecule has 0 aliphatic carbocycles. The van der Waals surface area contributed by atoms with Crippen molar-refractivity contribution < 1.29 is 14.3 Å². The molecule has 0 aliphatic rings. The molecule has 8 heteroatoms. The fourth-order valence-corrected chi connectivity index (χ4v) is 2.90. The summed E-state index contributed by atoms with van der Waals surface area (Å²) in [5, 5.41) is 11.5. The lowest BCUT2D eigenvalue weighted by molar-refractivity contribution is 0.0937. The molecular weight excluding hydrogens is 356 g/mol. The number of nitrogens with zero attached hydrogens (tertiary/aromatic N) is 3. The van der Waals surface area contributed by atoms with Crippen molar-refractivity contribution in [3.05, 3.63) is 52.9 Å². The van der Waals surface area contributed by atoms with Crippen LogP contribution in [0.1, 0.15) is 36.1 Å². The van der Waals surface area contributed by atoms with E-state index in [9.17, 15) is 4.79 Å². The number of carbonyl (C=O) groups is 1. The summed E-state index contributed by atoms with van der Waals surface area (Å²) in [7, 11) is 1.50. The van der Waals surface area contributed by atoms with Crippen molar-refractivity contribution in [3.8, 4) is 11.5 Å². The largest absolute Gasteiger partial charge is 0.493 e. The van der Waals surface area contributed by atoms with Crippen LogP contribution in [0.3, 0.4) is 0 Å². The van der Waals surface area contributed by atoms with E-state index in [1.165, 1.54) is 7.11 Å². The quantitative estimate of drug-likeness (QED) is 0.716. The number of pyridine rings is 1. The maximum atomic E-state index is 12.7. The van der Waals surface area contributed by atoms with Crippen molar-refractivity contribution in [2.45, 2.75) is 19.9 Å². The molecule has 0 bridgehead atoms. The molecule has 1 atom stereocenters. The third-order valence-electron chi connectivity index (χ3n) is 3.86. The minimum Gasteiger partial charge on any atom is -0.493 e. The zero-order valence-electron chi connectivity index (χ0n) is 14.7. The Hall–Kier alpha value is -2.80. The van der Waals surface area contributed by atoms with Crippen molar-refractivity contribution in [3.63, 3.8) is 0 Å². The number of carbonyl (C=O) groups excluding carboxylic acids is 1. The molecule has 0 saturated carbocycles. The van der Waals surface area contributed by atoms with E-state index in [1.807, 2.05) is 42.6 Å². The molecule has 2 aromatic heterocycles. The zero-order chi connectivity index (χ0) is 18.7. The first-order valence-electron chi connectivity index (χ1n) is 8.16. The van der Waals surface area contributed by atoms with E-state index >= 15 is 0 Å². The Morgan fingerprint density at radius 2 is 2.15 bits per heavy atom. The van der Waals surface area contributed by atoms with Crippen LogP contribution in [0.5, 0.6) is 11.5 Å². The van der Waals surface area contributed by atoms with Gasteiger partial charge in [-0.3, -0.25) is 9.20 Å². The normalized spacial score (nSPS) is 12.0. The highest BCUT2D eigenvalue weighted by atomic mass is 35.5. The summed E-state index contributed by atoms with van der Waals surface area (Å²) in [6.45, 7) is 4.13. The Balaban J connectivity index is 1.84. The van der Waals surface area contributed by atoms with Crippen LogP contribution in [0.25, 0.3) is 5.65 Å². The highest BCUT2D eigenvalue weighted by molar-refractivity contribution is 6.32. The van der Waals surface area contributed by atoms with Crippen LogP contribution in [0.4, 0.5) is 0 Å². The van der Waals surface area contributed by atoms with Gasteiger partial charge in [0.05, 0.1) is 24.8 Å². The molecule has 0 fully saturated rings. The van der Waals surface area contributed by atoms with Crippen LogP contribution in [0.15, 0.2) is 36.5 Å². The Kier molecular flexibility index (Phi) is 5.27. The van der Waals surface area contributed by atoms with Gasteiger partial charge in [-0.05, 0) is 38.1 Å². The van der Waals surface area contributed by atoms with Gasteiger partial charge in [-0.1, -0.05) is 17.7 Å². The summed E-state index contributed by atoms with van der Waals surface area (Å²) in [5.74, 6) is 1.17. The Bertz CT molecular complexity index is 941. The summed E-state index contributed by atoms with van der Waals surface area (Å²) in [4.78, 5) is 12.7. The molecule has 0 saturated heterocycles. The van der Waals surface area contributed by atoms with Crippen molar-refractivity contribution in [2.75, 3.05) is 13.7 Å². The van der Waals surface area contributed by atoms with Gasteiger partial charge in [-0.25, -0.2) is 0 Å². The molecule has 136 valence electrons. The van der Waals surface area contributed by atoms with Crippen molar-refractivity contribution in [1.82, 2.24) is 19.9 Å². The number of ether oxygens (including phenoxy) is 2. The first kappa shape index (κ1) is 18.0. The molecule has 1 aromatic carbocycles. The number of benzene rings is 1. The molecule has 7 nitrogen and oxygen atoms in total. The SMILES string of the molecule is CCOc1c(Cl)cc(C(=O)NC(C)c2nnc3ccccn23)cc1OC. The van der Waals surface area contributed by atoms with E-state index < -0.39 is 0 Å². The van der Waals surface area contributed by atoms with Gasteiger partial charge in [0.2, 0.25) is 0 Å². The Morgan fingerprint density at radius 3 is 2.88 bits per heavy atom. The number of methoxy groups -OCH3 is 1. The number of nitrogens with one attached hydrogen (secondary N) is 1. The number of hydrogen-bond donors (Lipinski definition) is 1. The number of halogens is 1. The van der Waals surface area contributed by atoms with Gasteiger partial charge in [0, 0.05) is 11.8 Å². The topological polar surface area (TPSA) is 77.8 Å². The standard InChI is InChI=1S/C18H19ClN4O3/c1-4-26-16-13(19)9-12(10-14(16)25-3)18(24)20-11(2)17-22-21-15-7-5-6-8-23(15)17/h5-11H,4H2,1-3H3,(H,20,24). The molecule has 26 heavy (non-hydrogen) atoms. The van der Waals surface area contributed by atoms with E-state index in [2.05, 4.69) is 15.5 Å². The van der Waals surface area contributed by atoms with E-state index in [4.69, 9.17) is 21.1 Å². The first-order valence-corrected chi connectivity index (χ1v) is 8.53. The lowest BCUT2D eigenvalue weighted by atomic mass is 10.1. The third-order valence-corrected chi connectivity index (χ3v) is 4.14. The van der Waals surface area contributed by atoms with Gasteiger partial charge in [0.25, 0.3) is 5.91 Å². The van der Waals surface area contributed by atoms with Crippen LogP contribution in [0, 0.1) is 0 Å². The molecule has 0 spiro atoms. The smallest absolute Gasteiger partial charge is 0.252 e. The zero-order valence-corrected chi connectivity index (χ0v) is 15.4. The van der Waals surface area contributed by atoms with Crippen molar-refractivity contribution in [2.24, 2.45) is 0 Å². The van der Waals surface area contributed by atoms with Crippen LogP contribution >= 0.6 is 11.6 Å². The second kappa shape index (κ2) is 7.61. The van der Waals surface area contributed by atoms with E-state index in [-0.39, 0.29) is 11.9 Å². The molecule has 0 aliphatic heterocycles. The van der Waals surface area contributed by atoms with Crippen molar-refractivity contribution in [1.29, 1.82) is 0 Å². The van der Waals surface area contributed by atoms with Crippen LogP contribution in [0.2, 0.25) is 5.02 Å². The minimum absolute atomic E-state index is 0.298. The molecule has 3 rings (SSSR count). The second-order valence-corrected chi connectivity index (χ2v) is 6.01. The summed E-state index contributed by atoms with van der Waals surface area (Å²) >= 11 is 6.24. The molecule has 0 radical (unpaired) electrons. The lowest BCUT2D eigenvalue weighted by Crippen LogP contribution is -2.28. The van der Waals surface area contributed by atoms with Gasteiger partial charge in [0.15, 0.2) is 23.0 Å². The van der Waals surface area contributed by atoms with Crippen LogP contribution in [-0.4, -0.2) is 34.2 Å². The summed E-state index contributed by atoms with van der Waals surface area (Å²) in [5.41, 5.74) is 1.09. The Labute approximate surface area is 155 Å². The van der Waals surface area contributed by atoms with Crippen LogP contribution < -0.4 is 14.8 Å². The fourth-order valence-electron chi connectivity index (χ4n) is 2.64. The molecule has 1 N–H and O–H groups in total. The first-order chi connectivity index (χ1) is 12.5. The number of aromatic nitrogens is 3. The highest BCUT2D eigenvalue weighted by Crippen LogP contribution is 2.36. The number of fused-ring (bicyclic) bond motifs is 1. The summed E-state index contributed by atoms with van der Waals surface area (Å²) in [6, 6.07) is 8.41. The Morgan fingerprint density at radius 1 is 1.35 bits per heavy atom. The molecular formula is C18H19ClN4O3. The van der Waals surface area contributed by atoms with E-state index in [0.717, 1.165) is 5.65 Å². The van der Waals surface area contributed by atoms with Gasteiger partial charge >= 0.3 is 0 Å². The van der Waals surface area contributed by atoms with Crippen molar-refractivity contribution >= 4 is 23.2 Å². The van der Waals surface area contributed by atoms with Crippen LogP contribution in [-0.2, 0) is 0 Å². The molecule has 3 aromatic rings. The maximum Gasteiger partial charge on any atom is 0.252 e. The maximum absolute atomic E-state index is 12.7. The second-order valence-electron chi connectivity index (χ2n) is 5.60. The highest BCUT2D eigenvalue weighted by Gasteiger charge is 2.19. The average molecular weight is 375 g/mol. The predicted octanol–water partition coefficient (Wildman–Crippen LogP) is 3.28. The number of amides is 1. The average Bonchev–Trinajstić information content (AvgIpc) is 3.07. The van der Waals surface area contributed by atoms with E-state index in [1.54, 1.807) is 12.1 Å². The minimum atomic E-state index is -0.351. The monoisotopic (exact) mass is 374 g/mol.